The van der Waals surface area contributed by atoms with Gasteiger partial charge < -0.3 is 4.42 Å². The van der Waals surface area contributed by atoms with Crippen LogP contribution in [-0.2, 0) is 0 Å². The van der Waals surface area contributed by atoms with Gasteiger partial charge in [-0.1, -0.05) is 0 Å². The van der Waals surface area contributed by atoms with E-state index >= 15 is 0 Å². The number of fused-ring (bicyclic) bond motifs is 1. The number of aromatic nitrogens is 1. The van der Waals surface area contributed by atoms with E-state index in [4.69, 9.17) is 9.68 Å². The van der Waals surface area contributed by atoms with Crippen LogP contribution in [0.4, 0.5) is 0 Å². The summed E-state index contributed by atoms with van der Waals surface area (Å²) in [6, 6.07) is 7.06. The fourth-order valence-electron chi connectivity index (χ4n) is 0.882. The Hall–Kier alpha value is -1.82. The van der Waals surface area contributed by atoms with Crippen molar-refractivity contribution in [2.75, 3.05) is 0 Å². The number of rotatable bonds is 0. The predicted molar refractivity (Wildman–Crippen MR) is 37.6 cm³/mol. The molecule has 51 valence electrons. The molecule has 2 rings (SSSR count). The summed E-state index contributed by atoms with van der Waals surface area (Å²) in [5.41, 5.74) is 1.91. The third-order valence-corrected chi connectivity index (χ3v) is 1.41. The smallest absolute Gasteiger partial charge is 0.284 e. The summed E-state index contributed by atoms with van der Waals surface area (Å²) in [6.45, 7) is 0. The number of hydrogen-bond donors (Lipinski definition) is 0. The topological polar surface area (TPSA) is 49.8 Å². The normalized spacial score (nSPS) is 9.73. The molecule has 0 atom stereocenters. The molecular formula is C8H3N2O. The first-order valence-corrected chi connectivity index (χ1v) is 3.07. The Kier molecular flexibility index (Phi) is 1.13. The quantitative estimate of drug-likeness (QED) is 0.561. The average Bonchev–Trinajstić information content (AvgIpc) is 2.50. The van der Waals surface area contributed by atoms with E-state index in [0.717, 1.165) is 0 Å². The van der Waals surface area contributed by atoms with Crippen molar-refractivity contribution in [3.63, 3.8) is 0 Å². The second kappa shape index (κ2) is 2.10. The first-order chi connectivity index (χ1) is 5.40. The molecule has 0 spiro atoms. The number of benzene rings is 1. The van der Waals surface area contributed by atoms with Crippen LogP contribution in [0.1, 0.15) is 5.56 Å². The molecule has 1 aromatic carbocycles. The Labute approximate surface area is 62.9 Å². The van der Waals surface area contributed by atoms with Gasteiger partial charge in [0.1, 0.15) is 5.52 Å². The van der Waals surface area contributed by atoms with Crippen LogP contribution in [0.25, 0.3) is 11.1 Å². The van der Waals surface area contributed by atoms with Gasteiger partial charge >= 0.3 is 0 Å². The van der Waals surface area contributed by atoms with E-state index in [-0.39, 0.29) is 0 Å². The zero-order chi connectivity index (χ0) is 7.68. The fourth-order valence-corrected chi connectivity index (χ4v) is 0.882. The Bertz CT molecular complexity index is 425. The first kappa shape index (κ1) is 5.93. The standard InChI is InChI=1S/C8H3N2O/c9-4-6-1-2-8-7(3-6)10-5-11-8/h1-3H. The lowest BCUT2D eigenvalue weighted by atomic mass is 10.2. The van der Waals surface area contributed by atoms with Crippen molar-refractivity contribution < 1.29 is 4.42 Å². The Balaban J connectivity index is 2.79. The zero-order valence-corrected chi connectivity index (χ0v) is 5.53. The molecule has 3 heteroatoms. The SMILES string of the molecule is N#Cc1ccc2o[c]nc2c1. The third-order valence-electron chi connectivity index (χ3n) is 1.41. The van der Waals surface area contributed by atoms with Crippen LogP contribution in [0.15, 0.2) is 22.6 Å². The molecule has 1 heterocycles. The Morgan fingerprint density at radius 2 is 2.45 bits per heavy atom. The van der Waals surface area contributed by atoms with Crippen LogP contribution < -0.4 is 0 Å². The molecule has 11 heavy (non-hydrogen) atoms. The van der Waals surface area contributed by atoms with Crippen molar-refractivity contribution in [2.45, 2.75) is 0 Å². The second-order valence-corrected chi connectivity index (χ2v) is 2.10. The van der Waals surface area contributed by atoms with Gasteiger partial charge in [0, 0.05) is 0 Å². The monoisotopic (exact) mass is 143 g/mol. The van der Waals surface area contributed by atoms with Gasteiger partial charge in [0.15, 0.2) is 5.58 Å². The summed E-state index contributed by atoms with van der Waals surface area (Å²) < 4.78 is 4.87. The molecular weight excluding hydrogens is 140 g/mol. The highest BCUT2D eigenvalue weighted by molar-refractivity contribution is 5.73. The summed E-state index contributed by atoms with van der Waals surface area (Å²) in [5, 5.41) is 8.52. The Morgan fingerprint density at radius 1 is 1.55 bits per heavy atom. The summed E-state index contributed by atoms with van der Waals surface area (Å²) in [5.74, 6) is 0. The van der Waals surface area contributed by atoms with E-state index < -0.39 is 0 Å². The van der Waals surface area contributed by atoms with Crippen molar-refractivity contribution in [3.8, 4) is 6.07 Å². The van der Waals surface area contributed by atoms with E-state index in [2.05, 4.69) is 11.4 Å². The van der Waals surface area contributed by atoms with Crippen LogP contribution >= 0.6 is 0 Å². The minimum atomic E-state index is 0.583. The highest BCUT2D eigenvalue weighted by atomic mass is 16.3. The molecule has 3 nitrogen and oxygen atoms in total. The predicted octanol–water partition coefficient (Wildman–Crippen LogP) is 1.50. The lowest BCUT2D eigenvalue weighted by Gasteiger charge is -1.85. The molecule has 0 fully saturated rings. The summed E-state index contributed by atoms with van der Waals surface area (Å²) in [7, 11) is 0. The number of nitriles is 1. The van der Waals surface area contributed by atoms with Gasteiger partial charge in [-0.3, -0.25) is 0 Å². The minimum Gasteiger partial charge on any atom is -0.432 e. The van der Waals surface area contributed by atoms with Crippen molar-refractivity contribution in [1.29, 1.82) is 5.26 Å². The van der Waals surface area contributed by atoms with Crippen LogP contribution in [0.5, 0.6) is 0 Å². The molecule has 1 aromatic heterocycles. The highest BCUT2D eigenvalue weighted by Gasteiger charge is 1.98. The van der Waals surface area contributed by atoms with Gasteiger partial charge in [-0.25, -0.2) is 4.98 Å². The maximum Gasteiger partial charge on any atom is 0.284 e. The molecule has 0 saturated carbocycles. The summed E-state index contributed by atoms with van der Waals surface area (Å²) in [6.07, 6.45) is 2.35. The average molecular weight is 143 g/mol. The summed E-state index contributed by atoms with van der Waals surface area (Å²) >= 11 is 0. The fraction of sp³-hybridized carbons (Fsp3) is 0. The number of oxazole rings is 1. The Morgan fingerprint density at radius 3 is 3.27 bits per heavy atom. The van der Waals surface area contributed by atoms with Gasteiger partial charge in [-0.2, -0.15) is 5.26 Å². The van der Waals surface area contributed by atoms with Crippen LogP contribution in [-0.4, -0.2) is 4.98 Å². The van der Waals surface area contributed by atoms with E-state index in [9.17, 15) is 0 Å². The maximum atomic E-state index is 8.52. The lowest BCUT2D eigenvalue weighted by Crippen LogP contribution is -1.72. The molecule has 0 aliphatic carbocycles. The van der Waals surface area contributed by atoms with E-state index in [1.54, 1.807) is 18.2 Å². The van der Waals surface area contributed by atoms with Crippen molar-refractivity contribution in [1.82, 2.24) is 4.98 Å². The molecule has 0 bridgehead atoms. The van der Waals surface area contributed by atoms with Gasteiger partial charge in [0.25, 0.3) is 6.39 Å². The van der Waals surface area contributed by atoms with Crippen LogP contribution in [0.2, 0.25) is 0 Å². The molecule has 0 aliphatic heterocycles. The third kappa shape index (κ3) is 0.849. The van der Waals surface area contributed by atoms with Crippen molar-refractivity contribution >= 4 is 11.1 Å². The maximum absolute atomic E-state index is 8.52. The summed E-state index contributed by atoms with van der Waals surface area (Å²) in [4.78, 5) is 3.78. The molecule has 2 aromatic rings. The number of nitrogens with zero attached hydrogens (tertiary/aromatic N) is 2. The van der Waals surface area contributed by atoms with E-state index in [1.807, 2.05) is 6.07 Å². The van der Waals surface area contributed by atoms with Gasteiger partial charge in [-0.05, 0) is 18.2 Å². The van der Waals surface area contributed by atoms with Crippen molar-refractivity contribution in [3.05, 3.63) is 30.2 Å². The number of hydrogen-bond acceptors (Lipinski definition) is 3. The molecule has 0 N–H and O–H groups in total. The lowest BCUT2D eigenvalue weighted by molar-refractivity contribution is 0.591. The molecule has 0 unspecified atom stereocenters. The van der Waals surface area contributed by atoms with E-state index in [0.29, 0.717) is 16.7 Å². The largest absolute Gasteiger partial charge is 0.432 e. The first-order valence-electron chi connectivity index (χ1n) is 3.07. The molecule has 0 aliphatic rings. The molecule has 0 amide bonds. The highest BCUT2D eigenvalue weighted by Crippen LogP contribution is 2.12. The van der Waals surface area contributed by atoms with Gasteiger partial charge in [0.2, 0.25) is 0 Å². The van der Waals surface area contributed by atoms with Crippen LogP contribution in [0, 0.1) is 17.7 Å². The van der Waals surface area contributed by atoms with Crippen molar-refractivity contribution in [2.24, 2.45) is 0 Å². The molecule has 1 radical (unpaired) electrons. The second-order valence-electron chi connectivity index (χ2n) is 2.10. The zero-order valence-electron chi connectivity index (χ0n) is 5.53. The van der Waals surface area contributed by atoms with Crippen LogP contribution in [0.3, 0.4) is 0 Å². The molecule has 0 saturated heterocycles. The minimum absolute atomic E-state index is 0.583. The van der Waals surface area contributed by atoms with E-state index in [1.165, 1.54) is 0 Å². The van der Waals surface area contributed by atoms with Gasteiger partial charge in [0.05, 0.1) is 11.6 Å². The van der Waals surface area contributed by atoms with Gasteiger partial charge in [-0.15, -0.1) is 0 Å².